The fraction of sp³-hybridized carbons (Fsp3) is 0.562. The van der Waals surface area contributed by atoms with E-state index in [2.05, 4.69) is 5.32 Å². The van der Waals surface area contributed by atoms with Crippen molar-refractivity contribution in [3.63, 3.8) is 0 Å². The molecule has 1 aliphatic rings. The number of hydrogen-bond donors (Lipinski definition) is 1. The highest BCUT2D eigenvalue weighted by Crippen LogP contribution is 2.23. The van der Waals surface area contributed by atoms with E-state index >= 15 is 0 Å². The van der Waals surface area contributed by atoms with Crippen LogP contribution in [0.15, 0.2) is 30.3 Å². The second-order valence-electron chi connectivity index (χ2n) is 5.73. The van der Waals surface area contributed by atoms with E-state index in [4.69, 9.17) is 0 Å². The average Bonchev–Trinajstić information content (AvgIpc) is 2.98. The molecule has 0 saturated carbocycles. The van der Waals surface area contributed by atoms with Crippen molar-refractivity contribution in [1.29, 1.82) is 0 Å². The van der Waals surface area contributed by atoms with Gasteiger partial charge in [0.25, 0.3) is 0 Å². The number of nitrogens with one attached hydrogen (secondary N) is 1. The van der Waals surface area contributed by atoms with Gasteiger partial charge in [0.15, 0.2) is 0 Å². The van der Waals surface area contributed by atoms with Gasteiger partial charge >= 0.3 is 0 Å². The van der Waals surface area contributed by atoms with Crippen molar-refractivity contribution in [2.24, 2.45) is 0 Å². The fourth-order valence-corrected chi connectivity index (χ4v) is 4.59. The van der Waals surface area contributed by atoms with Crippen molar-refractivity contribution in [2.45, 2.75) is 45.2 Å². The van der Waals surface area contributed by atoms with Crippen molar-refractivity contribution >= 4 is 15.9 Å². The van der Waals surface area contributed by atoms with E-state index in [1.165, 1.54) is 4.31 Å². The number of sulfonamides is 1. The van der Waals surface area contributed by atoms with Crippen LogP contribution in [0.3, 0.4) is 0 Å². The minimum absolute atomic E-state index is 0.102. The summed E-state index contributed by atoms with van der Waals surface area (Å²) in [5, 5.41) is 2.94. The molecule has 2 unspecified atom stereocenters. The normalized spacial score (nSPS) is 20.7. The number of amides is 1. The van der Waals surface area contributed by atoms with E-state index < -0.39 is 16.1 Å². The van der Waals surface area contributed by atoms with Gasteiger partial charge < -0.3 is 5.32 Å². The molecule has 0 aromatic heterocycles. The van der Waals surface area contributed by atoms with E-state index in [0.717, 1.165) is 12.0 Å². The molecule has 6 heteroatoms. The molecule has 1 N–H and O–H groups in total. The number of hydrogen-bond acceptors (Lipinski definition) is 3. The van der Waals surface area contributed by atoms with E-state index in [1.54, 1.807) is 0 Å². The van der Waals surface area contributed by atoms with Gasteiger partial charge in [0.05, 0.1) is 11.8 Å². The first-order chi connectivity index (χ1) is 10.5. The molecule has 1 aliphatic heterocycles. The van der Waals surface area contributed by atoms with Gasteiger partial charge in [-0.2, -0.15) is 4.31 Å². The molecule has 1 fully saturated rings. The van der Waals surface area contributed by atoms with Gasteiger partial charge in [-0.15, -0.1) is 0 Å². The van der Waals surface area contributed by atoms with Crippen LogP contribution in [0.5, 0.6) is 0 Å². The zero-order chi connectivity index (χ0) is 16.2. The van der Waals surface area contributed by atoms with Crippen molar-refractivity contribution in [2.75, 3.05) is 12.3 Å². The Kier molecular flexibility index (Phi) is 5.58. The van der Waals surface area contributed by atoms with Gasteiger partial charge in [-0.25, -0.2) is 8.42 Å². The van der Waals surface area contributed by atoms with Crippen LogP contribution < -0.4 is 5.32 Å². The van der Waals surface area contributed by atoms with Gasteiger partial charge in [-0.3, -0.25) is 4.79 Å². The van der Waals surface area contributed by atoms with Crippen LogP contribution in [0.4, 0.5) is 0 Å². The Bertz CT molecular complexity index is 601. The molecule has 1 aromatic carbocycles. The largest absolute Gasteiger partial charge is 0.348 e. The zero-order valence-electron chi connectivity index (χ0n) is 13.2. The molecule has 0 radical (unpaired) electrons. The minimum Gasteiger partial charge on any atom is -0.348 e. The van der Waals surface area contributed by atoms with Crippen LogP contribution in [-0.2, 0) is 14.8 Å². The van der Waals surface area contributed by atoms with Crippen molar-refractivity contribution in [3.8, 4) is 0 Å². The summed E-state index contributed by atoms with van der Waals surface area (Å²) >= 11 is 0. The molecule has 2 rings (SSSR count). The van der Waals surface area contributed by atoms with E-state index in [-0.39, 0.29) is 17.7 Å². The lowest BCUT2D eigenvalue weighted by Gasteiger charge is -2.25. The highest BCUT2D eigenvalue weighted by atomic mass is 32.2. The maximum Gasteiger partial charge on any atom is 0.238 e. The molecule has 5 nitrogen and oxygen atoms in total. The Labute approximate surface area is 132 Å². The summed E-state index contributed by atoms with van der Waals surface area (Å²) in [5.74, 6) is -0.0982. The van der Waals surface area contributed by atoms with Crippen molar-refractivity contribution < 1.29 is 13.2 Å². The van der Waals surface area contributed by atoms with Crippen molar-refractivity contribution in [3.05, 3.63) is 35.9 Å². The van der Waals surface area contributed by atoms with Crippen LogP contribution in [0, 0.1) is 0 Å². The highest BCUT2D eigenvalue weighted by Gasteiger charge is 2.38. The number of benzene rings is 1. The van der Waals surface area contributed by atoms with Crippen molar-refractivity contribution in [1.82, 2.24) is 9.62 Å². The molecular formula is C16H24N2O3S. The third-order valence-electron chi connectivity index (χ3n) is 3.98. The third-order valence-corrected chi connectivity index (χ3v) is 6.06. The number of carbonyl (C=O) groups is 1. The molecule has 1 heterocycles. The monoisotopic (exact) mass is 324 g/mol. The van der Waals surface area contributed by atoms with Crippen LogP contribution >= 0.6 is 0 Å². The Morgan fingerprint density at radius 2 is 2.05 bits per heavy atom. The van der Waals surface area contributed by atoms with Gasteiger partial charge in [-0.1, -0.05) is 37.3 Å². The maximum atomic E-state index is 12.5. The van der Waals surface area contributed by atoms with Gasteiger partial charge in [0.1, 0.15) is 6.04 Å². The molecule has 0 bridgehead atoms. The lowest BCUT2D eigenvalue weighted by Crippen LogP contribution is -2.47. The zero-order valence-corrected chi connectivity index (χ0v) is 14.0. The molecule has 22 heavy (non-hydrogen) atoms. The standard InChI is InChI=1S/C16H24N2O3S/c1-3-12-22(20,21)18-11-7-10-15(18)16(19)17-13(2)14-8-5-4-6-9-14/h4-6,8-9,13,15H,3,7,10-12H2,1-2H3,(H,17,19). The highest BCUT2D eigenvalue weighted by molar-refractivity contribution is 7.89. The Morgan fingerprint density at radius 3 is 2.68 bits per heavy atom. The van der Waals surface area contributed by atoms with Gasteiger partial charge in [-0.05, 0) is 31.7 Å². The summed E-state index contributed by atoms with van der Waals surface area (Å²) in [6, 6.07) is 8.97. The summed E-state index contributed by atoms with van der Waals surface area (Å²) in [6.07, 6.45) is 1.89. The molecule has 0 spiro atoms. The van der Waals surface area contributed by atoms with Gasteiger partial charge in [0, 0.05) is 6.54 Å². The predicted octanol–water partition coefficient (Wildman–Crippen LogP) is 2.07. The van der Waals surface area contributed by atoms with Crippen LogP contribution in [0.1, 0.15) is 44.7 Å². The predicted molar refractivity (Wildman–Crippen MR) is 86.8 cm³/mol. The number of rotatable bonds is 6. The Balaban J connectivity index is 2.05. The third kappa shape index (κ3) is 3.87. The van der Waals surface area contributed by atoms with E-state index in [0.29, 0.717) is 19.4 Å². The Morgan fingerprint density at radius 1 is 1.36 bits per heavy atom. The molecule has 0 aliphatic carbocycles. The second-order valence-corrected chi connectivity index (χ2v) is 7.77. The summed E-state index contributed by atoms with van der Waals surface area (Å²) < 4.78 is 25.9. The van der Waals surface area contributed by atoms with E-state index in [9.17, 15) is 13.2 Å². The molecule has 1 amide bonds. The number of carbonyl (C=O) groups excluding carboxylic acids is 1. The quantitative estimate of drug-likeness (QED) is 0.871. The fourth-order valence-electron chi connectivity index (χ4n) is 2.84. The molecule has 1 saturated heterocycles. The van der Waals surface area contributed by atoms with Crippen LogP contribution in [0.2, 0.25) is 0 Å². The summed E-state index contributed by atoms with van der Waals surface area (Å²) in [4.78, 5) is 12.5. The molecule has 2 atom stereocenters. The lowest BCUT2D eigenvalue weighted by molar-refractivity contribution is -0.124. The smallest absolute Gasteiger partial charge is 0.238 e. The average molecular weight is 324 g/mol. The summed E-state index contributed by atoms with van der Waals surface area (Å²) in [6.45, 7) is 4.19. The number of nitrogens with zero attached hydrogens (tertiary/aromatic N) is 1. The Hall–Kier alpha value is -1.40. The molecule has 122 valence electrons. The first-order valence-corrected chi connectivity index (χ1v) is 9.41. The first kappa shape index (κ1) is 17.0. The van der Waals surface area contributed by atoms with Crippen LogP contribution in [-0.4, -0.2) is 37.0 Å². The molecular weight excluding hydrogens is 300 g/mol. The van der Waals surface area contributed by atoms with E-state index in [1.807, 2.05) is 44.2 Å². The topological polar surface area (TPSA) is 66.5 Å². The minimum atomic E-state index is -3.33. The first-order valence-electron chi connectivity index (χ1n) is 7.80. The summed E-state index contributed by atoms with van der Waals surface area (Å²) in [7, 11) is -3.33. The SMILES string of the molecule is CCCS(=O)(=O)N1CCCC1C(=O)NC(C)c1ccccc1. The van der Waals surface area contributed by atoms with Gasteiger partial charge in [0.2, 0.25) is 15.9 Å². The summed E-state index contributed by atoms with van der Waals surface area (Å²) in [5.41, 5.74) is 1.01. The lowest BCUT2D eigenvalue weighted by atomic mass is 10.1. The van der Waals surface area contributed by atoms with Crippen LogP contribution in [0.25, 0.3) is 0 Å². The maximum absolute atomic E-state index is 12.5. The second kappa shape index (κ2) is 7.24. The molecule has 1 aromatic rings.